The number of hydrogen-bond donors (Lipinski definition) is 1. The fraction of sp³-hybridized carbons (Fsp3) is 0.353. The lowest BCUT2D eigenvalue weighted by molar-refractivity contribution is 0.705. The van der Waals surface area contributed by atoms with Gasteiger partial charge in [-0.3, -0.25) is 4.68 Å². The summed E-state index contributed by atoms with van der Waals surface area (Å²) in [7, 11) is 1.95. The Kier molecular flexibility index (Phi) is 3.80. The Labute approximate surface area is 125 Å². The Hall–Kier alpha value is -2.07. The van der Waals surface area contributed by atoms with Crippen LogP contribution in [0.4, 0.5) is 0 Å². The quantitative estimate of drug-likeness (QED) is 0.781. The van der Waals surface area contributed by atoms with Gasteiger partial charge < -0.3 is 10.3 Å². The Morgan fingerprint density at radius 2 is 2.14 bits per heavy atom. The van der Waals surface area contributed by atoms with E-state index in [2.05, 4.69) is 53.2 Å². The van der Waals surface area contributed by atoms with E-state index < -0.39 is 0 Å². The van der Waals surface area contributed by atoms with Crippen molar-refractivity contribution in [2.45, 2.75) is 32.4 Å². The monoisotopic (exact) mass is 282 g/mol. The molecule has 3 aromatic rings. The second kappa shape index (κ2) is 5.74. The molecule has 1 unspecified atom stereocenters. The predicted octanol–water partition coefficient (Wildman–Crippen LogP) is 2.51. The fourth-order valence-corrected chi connectivity index (χ4v) is 2.89. The second-order valence-electron chi connectivity index (χ2n) is 5.82. The maximum absolute atomic E-state index is 5.98. The summed E-state index contributed by atoms with van der Waals surface area (Å²) >= 11 is 0. The highest BCUT2D eigenvalue weighted by atomic mass is 15.2. The number of nitrogens with two attached hydrogens (primary N) is 1. The first-order valence-electron chi connectivity index (χ1n) is 7.43. The normalized spacial score (nSPS) is 12.9. The number of aryl methyl sites for hydroxylation is 3. The second-order valence-corrected chi connectivity index (χ2v) is 5.82. The summed E-state index contributed by atoms with van der Waals surface area (Å²) in [6, 6.07) is 8.83. The standard InChI is InChI=1S/C17H22N4/c1-13(18)10-16-5-3-4-15-7-9-21(17(15)16)8-6-14-11-19-20(2)12-14/h3-5,7,9,11-13H,6,8,10,18H2,1-2H3. The molecule has 110 valence electrons. The van der Waals surface area contributed by atoms with E-state index in [9.17, 15) is 0 Å². The van der Waals surface area contributed by atoms with Gasteiger partial charge in [-0.15, -0.1) is 0 Å². The van der Waals surface area contributed by atoms with Crippen LogP contribution in [0.25, 0.3) is 10.9 Å². The van der Waals surface area contributed by atoms with Crippen LogP contribution in [0, 0.1) is 0 Å². The smallest absolute Gasteiger partial charge is 0.0522 e. The van der Waals surface area contributed by atoms with Crippen molar-refractivity contribution in [3.05, 3.63) is 54.0 Å². The Morgan fingerprint density at radius 1 is 1.29 bits per heavy atom. The van der Waals surface area contributed by atoms with Crippen LogP contribution < -0.4 is 5.73 Å². The minimum Gasteiger partial charge on any atom is -0.347 e. The van der Waals surface area contributed by atoms with E-state index >= 15 is 0 Å². The first-order chi connectivity index (χ1) is 10.1. The summed E-state index contributed by atoms with van der Waals surface area (Å²) in [6.45, 7) is 3.02. The van der Waals surface area contributed by atoms with E-state index in [0.717, 1.165) is 19.4 Å². The molecule has 3 rings (SSSR count). The highest BCUT2D eigenvalue weighted by Crippen LogP contribution is 2.22. The van der Waals surface area contributed by atoms with Crippen LogP contribution >= 0.6 is 0 Å². The SMILES string of the molecule is CC(N)Cc1cccc2ccn(CCc3cnn(C)c3)c12. The summed E-state index contributed by atoms with van der Waals surface area (Å²) in [5.74, 6) is 0. The minimum atomic E-state index is 0.178. The van der Waals surface area contributed by atoms with Crippen molar-refractivity contribution in [1.29, 1.82) is 0 Å². The average molecular weight is 282 g/mol. The maximum Gasteiger partial charge on any atom is 0.0522 e. The molecule has 0 spiro atoms. The van der Waals surface area contributed by atoms with Crippen LogP contribution in [-0.4, -0.2) is 20.4 Å². The molecular formula is C17H22N4. The highest BCUT2D eigenvalue weighted by Gasteiger charge is 2.08. The van der Waals surface area contributed by atoms with Gasteiger partial charge in [0.25, 0.3) is 0 Å². The molecule has 0 amide bonds. The van der Waals surface area contributed by atoms with E-state index in [-0.39, 0.29) is 6.04 Å². The molecule has 2 N–H and O–H groups in total. The molecule has 0 aliphatic rings. The van der Waals surface area contributed by atoms with Crippen LogP contribution in [-0.2, 0) is 26.4 Å². The minimum absolute atomic E-state index is 0.178. The van der Waals surface area contributed by atoms with E-state index in [0.29, 0.717) is 0 Å². The van der Waals surface area contributed by atoms with Gasteiger partial charge in [-0.1, -0.05) is 18.2 Å². The Morgan fingerprint density at radius 3 is 2.86 bits per heavy atom. The van der Waals surface area contributed by atoms with Crippen molar-refractivity contribution in [2.24, 2.45) is 12.8 Å². The van der Waals surface area contributed by atoms with Crippen LogP contribution in [0.5, 0.6) is 0 Å². The van der Waals surface area contributed by atoms with E-state index in [1.807, 2.05) is 17.9 Å². The zero-order chi connectivity index (χ0) is 14.8. The average Bonchev–Trinajstić information content (AvgIpc) is 3.03. The lowest BCUT2D eigenvalue weighted by Crippen LogP contribution is -2.18. The summed E-state index contributed by atoms with van der Waals surface area (Å²) in [6.07, 6.45) is 8.09. The van der Waals surface area contributed by atoms with Crippen molar-refractivity contribution >= 4 is 10.9 Å². The van der Waals surface area contributed by atoms with Gasteiger partial charge in [-0.25, -0.2) is 0 Å². The van der Waals surface area contributed by atoms with Gasteiger partial charge in [0.1, 0.15) is 0 Å². The van der Waals surface area contributed by atoms with Gasteiger partial charge in [-0.05, 0) is 42.3 Å². The van der Waals surface area contributed by atoms with Crippen molar-refractivity contribution in [3.8, 4) is 0 Å². The third kappa shape index (κ3) is 3.00. The number of para-hydroxylation sites is 1. The van der Waals surface area contributed by atoms with E-state index in [1.165, 1.54) is 22.0 Å². The van der Waals surface area contributed by atoms with Crippen molar-refractivity contribution < 1.29 is 0 Å². The number of fused-ring (bicyclic) bond motifs is 1. The van der Waals surface area contributed by atoms with Crippen LogP contribution in [0.2, 0.25) is 0 Å². The van der Waals surface area contributed by atoms with Crippen molar-refractivity contribution in [3.63, 3.8) is 0 Å². The number of benzene rings is 1. The first kappa shape index (κ1) is 13.9. The largest absolute Gasteiger partial charge is 0.347 e. The Balaban J connectivity index is 1.87. The molecule has 0 bridgehead atoms. The summed E-state index contributed by atoms with van der Waals surface area (Å²) < 4.78 is 4.19. The zero-order valence-corrected chi connectivity index (χ0v) is 12.7. The topological polar surface area (TPSA) is 48.8 Å². The molecular weight excluding hydrogens is 260 g/mol. The predicted molar refractivity (Wildman–Crippen MR) is 86.2 cm³/mol. The molecule has 0 fully saturated rings. The van der Waals surface area contributed by atoms with E-state index in [4.69, 9.17) is 5.73 Å². The van der Waals surface area contributed by atoms with Gasteiger partial charge in [0.05, 0.1) is 11.7 Å². The molecule has 1 atom stereocenters. The van der Waals surface area contributed by atoms with Crippen LogP contribution in [0.15, 0.2) is 42.9 Å². The van der Waals surface area contributed by atoms with Gasteiger partial charge in [-0.2, -0.15) is 5.10 Å². The summed E-state index contributed by atoms with van der Waals surface area (Å²) in [5, 5.41) is 5.52. The maximum atomic E-state index is 5.98. The molecule has 0 saturated heterocycles. The number of aromatic nitrogens is 3. The molecule has 0 saturated carbocycles. The molecule has 21 heavy (non-hydrogen) atoms. The van der Waals surface area contributed by atoms with Gasteiger partial charge in [0.2, 0.25) is 0 Å². The van der Waals surface area contributed by atoms with Gasteiger partial charge >= 0.3 is 0 Å². The molecule has 0 aliphatic carbocycles. The van der Waals surface area contributed by atoms with Gasteiger partial charge in [0, 0.05) is 32.0 Å². The number of nitrogens with zero attached hydrogens (tertiary/aromatic N) is 3. The molecule has 4 heteroatoms. The molecule has 2 aromatic heterocycles. The number of hydrogen-bond acceptors (Lipinski definition) is 2. The van der Waals surface area contributed by atoms with Crippen molar-refractivity contribution in [1.82, 2.24) is 14.3 Å². The van der Waals surface area contributed by atoms with Gasteiger partial charge in [0.15, 0.2) is 0 Å². The third-order valence-electron chi connectivity index (χ3n) is 3.81. The van der Waals surface area contributed by atoms with E-state index in [1.54, 1.807) is 0 Å². The molecule has 4 nitrogen and oxygen atoms in total. The first-order valence-corrected chi connectivity index (χ1v) is 7.43. The molecule has 0 radical (unpaired) electrons. The van der Waals surface area contributed by atoms with Crippen molar-refractivity contribution in [2.75, 3.05) is 0 Å². The Bertz CT molecular complexity index is 736. The lowest BCUT2D eigenvalue weighted by Gasteiger charge is -2.11. The summed E-state index contributed by atoms with van der Waals surface area (Å²) in [4.78, 5) is 0. The summed E-state index contributed by atoms with van der Waals surface area (Å²) in [5.41, 5.74) is 9.90. The lowest BCUT2D eigenvalue weighted by atomic mass is 10.0. The molecule has 1 aromatic carbocycles. The van der Waals surface area contributed by atoms with Crippen LogP contribution in [0.3, 0.4) is 0 Å². The number of rotatable bonds is 5. The molecule has 2 heterocycles. The highest BCUT2D eigenvalue weighted by molar-refractivity contribution is 5.83. The zero-order valence-electron chi connectivity index (χ0n) is 12.7. The molecule has 0 aliphatic heterocycles. The third-order valence-corrected chi connectivity index (χ3v) is 3.81. The van der Waals surface area contributed by atoms with Crippen LogP contribution in [0.1, 0.15) is 18.1 Å². The fourth-order valence-electron chi connectivity index (χ4n) is 2.89.